The molecule has 19 heavy (non-hydrogen) atoms. The van der Waals surface area contributed by atoms with E-state index >= 15 is 0 Å². The van der Waals surface area contributed by atoms with Crippen LogP contribution in [-0.2, 0) is 0 Å². The number of aliphatic hydroxyl groups is 1. The van der Waals surface area contributed by atoms with Crippen molar-refractivity contribution >= 4 is 17.5 Å². The Kier molecular flexibility index (Phi) is 3.83. The van der Waals surface area contributed by atoms with Crippen LogP contribution in [-0.4, -0.2) is 34.1 Å². The van der Waals surface area contributed by atoms with Crippen LogP contribution in [0.25, 0.3) is 0 Å². The van der Waals surface area contributed by atoms with Gasteiger partial charge >= 0.3 is 0 Å². The van der Waals surface area contributed by atoms with Gasteiger partial charge in [-0.1, -0.05) is 11.6 Å². The fraction of sp³-hybridized carbons (Fsp3) is 0.500. The van der Waals surface area contributed by atoms with E-state index in [0.29, 0.717) is 6.54 Å². The molecule has 0 radical (unpaired) electrons. The SMILES string of the molecule is CC(C)(O)C1CCCN1C(=O)c1ccc(F)cc1Cl. The van der Waals surface area contributed by atoms with Gasteiger partial charge in [-0.15, -0.1) is 0 Å². The number of nitrogens with zero attached hydrogens (tertiary/aromatic N) is 1. The fourth-order valence-corrected chi connectivity index (χ4v) is 2.81. The first-order chi connectivity index (χ1) is 8.80. The standard InChI is InChI=1S/C14H17ClFNO2/c1-14(2,19)12-4-3-7-17(12)13(18)10-6-5-9(16)8-11(10)15/h5-6,8,12,19H,3-4,7H2,1-2H3. The predicted molar refractivity (Wildman–Crippen MR) is 71.8 cm³/mol. The summed E-state index contributed by atoms with van der Waals surface area (Å²) in [6.45, 7) is 3.96. The van der Waals surface area contributed by atoms with Gasteiger partial charge in [0.15, 0.2) is 0 Å². The van der Waals surface area contributed by atoms with Crippen molar-refractivity contribution in [3.8, 4) is 0 Å². The first-order valence-corrected chi connectivity index (χ1v) is 6.67. The van der Waals surface area contributed by atoms with E-state index in [-0.39, 0.29) is 22.5 Å². The third-order valence-corrected chi connectivity index (χ3v) is 3.80. The normalized spacial score (nSPS) is 19.8. The topological polar surface area (TPSA) is 40.5 Å². The zero-order chi connectivity index (χ0) is 14.2. The van der Waals surface area contributed by atoms with E-state index in [1.807, 2.05) is 0 Å². The van der Waals surface area contributed by atoms with Gasteiger partial charge in [0.2, 0.25) is 0 Å². The maximum absolute atomic E-state index is 13.0. The average molecular weight is 286 g/mol. The van der Waals surface area contributed by atoms with Crippen molar-refractivity contribution in [1.29, 1.82) is 0 Å². The molecule has 0 bridgehead atoms. The second kappa shape index (κ2) is 5.10. The molecule has 5 heteroatoms. The summed E-state index contributed by atoms with van der Waals surface area (Å²) in [6, 6.07) is 3.50. The van der Waals surface area contributed by atoms with E-state index in [0.717, 1.165) is 18.9 Å². The van der Waals surface area contributed by atoms with Crippen molar-refractivity contribution in [3.63, 3.8) is 0 Å². The minimum atomic E-state index is -0.960. The van der Waals surface area contributed by atoms with Gasteiger partial charge in [0, 0.05) is 6.54 Å². The number of hydrogen-bond donors (Lipinski definition) is 1. The molecule has 3 nitrogen and oxygen atoms in total. The van der Waals surface area contributed by atoms with Crippen molar-refractivity contribution in [1.82, 2.24) is 4.90 Å². The van der Waals surface area contributed by atoms with Crippen LogP contribution < -0.4 is 0 Å². The van der Waals surface area contributed by atoms with Crippen molar-refractivity contribution in [2.45, 2.75) is 38.3 Å². The zero-order valence-electron chi connectivity index (χ0n) is 11.0. The highest BCUT2D eigenvalue weighted by molar-refractivity contribution is 6.33. The largest absolute Gasteiger partial charge is 0.388 e. The first-order valence-electron chi connectivity index (χ1n) is 6.29. The maximum Gasteiger partial charge on any atom is 0.255 e. The Hall–Kier alpha value is -1.13. The maximum atomic E-state index is 13.0. The van der Waals surface area contributed by atoms with Crippen LogP contribution in [0, 0.1) is 5.82 Å². The van der Waals surface area contributed by atoms with Gasteiger partial charge in [0.1, 0.15) is 5.82 Å². The van der Waals surface area contributed by atoms with Gasteiger partial charge in [-0.2, -0.15) is 0 Å². The Labute approximate surface area is 117 Å². The van der Waals surface area contributed by atoms with Crippen LogP contribution in [0.1, 0.15) is 37.0 Å². The number of benzene rings is 1. The van der Waals surface area contributed by atoms with Crippen molar-refractivity contribution in [2.75, 3.05) is 6.54 Å². The number of carbonyl (C=O) groups excluding carboxylic acids is 1. The molecule has 1 aromatic carbocycles. The molecule has 0 aliphatic carbocycles. The lowest BCUT2D eigenvalue weighted by molar-refractivity contribution is 0.000337. The van der Waals surface area contributed by atoms with Crippen LogP contribution in [0.15, 0.2) is 18.2 Å². The van der Waals surface area contributed by atoms with Gasteiger partial charge in [0.05, 0.1) is 22.2 Å². The summed E-state index contributed by atoms with van der Waals surface area (Å²) in [5, 5.41) is 10.2. The van der Waals surface area contributed by atoms with Gasteiger partial charge in [0.25, 0.3) is 5.91 Å². The third-order valence-electron chi connectivity index (χ3n) is 3.49. The lowest BCUT2D eigenvalue weighted by Crippen LogP contribution is -2.48. The summed E-state index contributed by atoms with van der Waals surface area (Å²) in [4.78, 5) is 14.1. The van der Waals surface area contributed by atoms with Crippen LogP contribution in [0.2, 0.25) is 5.02 Å². The summed E-state index contributed by atoms with van der Waals surface area (Å²) in [5.41, 5.74) is -0.683. The lowest BCUT2D eigenvalue weighted by atomic mass is 9.96. The van der Waals surface area contributed by atoms with Gasteiger partial charge in [-0.05, 0) is 44.9 Å². The molecule has 0 spiro atoms. The lowest BCUT2D eigenvalue weighted by Gasteiger charge is -2.34. The number of amides is 1. The fourth-order valence-electron chi connectivity index (χ4n) is 2.56. The molecule has 104 valence electrons. The van der Waals surface area contributed by atoms with Crippen LogP contribution in [0.3, 0.4) is 0 Å². The Morgan fingerprint density at radius 1 is 1.53 bits per heavy atom. The second-order valence-electron chi connectivity index (χ2n) is 5.43. The summed E-state index contributed by atoms with van der Waals surface area (Å²) < 4.78 is 13.0. The van der Waals surface area contributed by atoms with Crippen molar-refractivity contribution in [2.24, 2.45) is 0 Å². The highest BCUT2D eigenvalue weighted by Gasteiger charge is 2.39. The minimum absolute atomic E-state index is 0.103. The van der Waals surface area contributed by atoms with E-state index in [2.05, 4.69) is 0 Å². The van der Waals surface area contributed by atoms with E-state index in [1.54, 1.807) is 18.7 Å². The summed E-state index contributed by atoms with van der Waals surface area (Å²) in [7, 11) is 0. The summed E-state index contributed by atoms with van der Waals surface area (Å²) in [6.07, 6.45) is 1.60. The molecule has 1 unspecified atom stereocenters. The molecule has 1 heterocycles. The minimum Gasteiger partial charge on any atom is -0.388 e. The van der Waals surface area contributed by atoms with Crippen LogP contribution >= 0.6 is 11.6 Å². The number of rotatable bonds is 2. The monoisotopic (exact) mass is 285 g/mol. The molecular weight excluding hydrogens is 269 g/mol. The van der Waals surface area contributed by atoms with Crippen molar-refractivity contribution in [3.05, 3.63) is 34.6 Å². The molecular formula is C14H17ClFNO2. The third kappa shape index (κ3) is 2.90. The Morgan fingerprint density at radius 3 is 2.79 bits per heavy atom. The molecule has 1 fully saturated rings. The molecule has 1 atom stereocenters. The highest BCUT2D eigenvalue weighted by Crippen LogP contribution is 2.29. The predicted octanol–water partition coefficient (Wildman–Crippen LogP) is 2.85. The molecule has 1 saturated heterocycles. The van der Waals surface area contributed by atoms with Crippen molar-refractivity contribution < 1.29 is 14.3 Å². The Bertz CT molecular complexity index is 499. The molecule has 0 saturated carbocycles. The Balaban J connectivity index is 2.28. The van der Waals surface area contributed by atoms with E-state index in [4.69, 9.17) is 11.6 Å². The van der Waals surface area contributed by atoms with Gasteiger partial charge in [-0.3, -0.25) is 4.79 Å². The van der Waals surface area contributed by atoms with E-state index in [9.17, 15) is 14.3 Å². The molecule has 2 rings (SSSR count). The molecule has 1 aliphatic heterocycles. The first kappa shape index (κ1) is 14.3. The van der Waals surface area contributed by atoms with E-state index < -0.39 is 11.4 Å². The molecule has 1 N–H and O–H groups in total. The molecule has 1 aliphatic rings. The summed E-state index contributed by atoms with van der Waals surface area (Å²) >= 11 is 5.91. The number of carbonyl (C=O) groups is 1. The highest BCUT2D eigenvalue weighted by atomic mass is 35.5. The molecule has 1 aromatic rings. The molecule has 1 amide bonds. The number of likely N-dealkylation sites (tertiary alicyclic amines) is 1. The van der Waals surface area contributed by atoms with Gasteiger partial charge in [-0.25, -0.2) is 4.39 Å². The van der Waals surface area contributed by atoms with E-state index in [1.165, 1.54) is 12.1 Å². The summed E-state index contributed by atoms with van der Waals surface area (Å²) in [5.74, 6) is -0.725. The average Bonchev–Trinajstić information content (AvgIpc) is 2.76. The smallest absolute Gasteiger partial charge is 0.255 e. The molecule has 0 aromatic heterocycles. The zero-order valence-corrected chi connectivity index (χ0v) is 11.7. The van der Waals surface area contributed by atoms with Crippen LogP contribution in [0.4, 0.5) is 4.39 Å². The second-order valence-corrected chi connectivity index (χ2v) is 5.84. The number of halogens is 2. The number of hydrogen-bond acceptors (Lipinski definition) is 2. The van der Waals surface area contributed by atoms with Gasteiger partial charge < -0.3 is 10.0 Å². The van der Waals surface area contributed by atoms with Crippen LogP contribution in [0.5, 0.6) is 0 Å². The Morgan fingerprint density at radius 2 is 2.21 bits per heavy atom. The quantitative estimate of drug-likeness (QED) is 0.908.